The van der Waals surface area contributed by atoms with E-state index in [1.165, 1.54) is 0 Å². The number of rotatable bonds is 9. The van der Waals surface area contributed by atoms with Crippen molar-refractivity contribution in [2.75, 3.05) is 27.3 Å². The second kappa shape index (κ2) is 9.56. The maximum absolute atomic E-state index is 11.8. The molecule has 2 amide bonds. The van der Waals surface area contributed by atoms with Gasteiger partial charge in [-0.3, -0.25) is 0 Å². The van der Waals surface area contributed by atoms with Crippen LogP contribution in [-0.2, 0) is 13.0 Å². The summed E-state index contributed by atoms with van der Waals surface area (Å²) in [5.74, 6) is 2.38. The molecular formula is C18H26N4O3. The van der Waals surface area contributed by atoms with E-state index in [9.17, 15) is 4.79 Å². The minimum Gasteiger partial charge on any atom is -0.493 e. The van der Waals surface area contributed by atoms with Gasteiger partial charge < -0.3 is 24.7 Å². The van der Waals surface area contributed by atoms with Crippen LogP contribution < -0.4 is 20.1 Å². The zero-order chi connectivity index (χ0) is 18.1. The van der Waals surface area contributed by atoms with Crippen molar-refractivity contribution < 1.29 is 14.3 Å². The second-order valence-electron chi connectivity index (χ2n) is 5.64. The molecule has 0 radical (unpaired) electrons. The SMILES string of the molecule is COc1ccc(CCNC(=O)NCCCn2ccnc2C)cc1OC. The molecule has 2 rings (SSSR count). The lowest BCUT2D eigenvalue weighted by atomic mass is 10.1. The first kappa shape index (κ1) is 18.6. The third-order valence-electron chi connectivity index (χ3n) is 3.93. The molecule has 25 heavy (non-hydrogen) atoms. The molecule has 0 saturated carbocycles. The molecule has 0 spiro atoms. The Morgan fingerprint density at radius 2 is 1.92 bits per heavy atom. The van der Waals surface area contributed by atoms with Gasteiger partial charge in [0.05, 0.1) is 14.2 Å². The molecule has 1 aromatic heterocycles. The predicted molar refractivity (Wildman–Crippen MR) is 96.2 cm³/mol. The van der Waals surface area contributed by atoms with Crippen molar-refractivity contribution >= 4 is 6.03 Å². The fourth-order valence-corrected chi connectivity index (χ4v) is 2.51. The number of hydrogen-bond donors (Lipinski definition) is 2. The predicted octanol–water partition coefficient (Wildman–Crippen LogP) is 2.14. The lowest BCUT2D eigenvalue weighted by Crippen LogP contribution is -2.37. The van der Waals surface area contributed by atoms with Gasteiger partial charge in [-0.15, -0.1) is 0 Å². The van der Waals surface area contributed by atoms with Gasteiger partial charge in [0.15, 0.2) is 11.5 Å². The summed E-state index contributed by atoms with van der Waals surface area (Å²) in [5.41, 5.74) is 1.08. The van der Waals surface area contributed by atoms with E-state index in [0.717, 1.165) is 30.8 Å². The fraction of sp³-hybridized carbons (Fsp3) is 0.444. The summed E-state index contributed by atoms with van der Waals surface area (Å²) < 4.78 is 12.6. The highest BCUT2D eigenvalue weighted by molar-refractivity contribution is 5.73. The largest absolute Gasteiger partial charge is 0.493 e. The average molecular weight is 346 g/mol. The van der Waals surface area contributed by atoms with Crippen LogP contribution >= 0.6 is 0 Å². The molecule has 0 unspecified atom stereocenters. The number of carbonyl (C=O) groups excluding carboxylic acids is 1. The van der Waals surface area contributed by atoms with Crippen LogP contribution in [0.5, 0.6) is 11.5 Å². The number of aryl methyl sites for hydroxylation is 2. The van der Waals surface area contributed by atoms with E-state index in [1.54, 1.807) is 20.4 Å². The molecule has 0 aliphatic rings. The number of benzene rings is 1. The number of imidazole rings is 1. The number of methoxy groups -OCH3 is 2. The molecule has 7 heteroatoms. The molecular weight excluding hydrogens is 320 g/mol. The zero-order valence-electron chi connectivity index (χ0n) is 15.0. The number of nitrogens with zero attached hydrogens (tertiary/aromatic N) is 2. The van der Waals surface area contributed by atoms with Crippen LogP contribution in [0.3, 0.4) is 0 Å². The van der Waals surface area contributed by atoms with Crippen LogP contribution in [0.2, 0.25) is 0 Å². The van der Waals surface area contributed by atoms with E-state index in [-0.39, 0.29) is 6.03 Å². The quantitative estimate of drug-likeness (QED) is 0.682. The molecule has 0 aliphatic carbocycles. The molecule has 0 atom stereocenters. The Labute approximate surface area is 148 Å². The van der Waals surface area contributed by atoms with Crippen LogP contribution in [0.25, 0.3) is 0 Å². The van der Waals surface area contributed by atoms with Crippen LogP contribution in [0, 0.1) is 6.92 Å². The Balaban J connectivity index is 1.64. The Morgan fingerprint density at radius 1 is 1.16 bits per heavy atom. The lowest BCUT2D eigenvalue weighted by molar-refractivity contribution is 0.240. The highest BCUT2D eigenvalue weighted by Gasteiger charge is 2.05. The summed E-state index contributed by atoms with van der Waals surface area (Å²) in [5, 5.41) is 5.72. The van der Waals surface area contributed by atoms with Crippen molar-refractivity contribution in [2.45, 2.75) is 26.3 Å². The number of hydrogen-bond acceptors (Lipinski definition) is 4. The van der Waals surface area contributed by atoms with Gasteiger partial charge in [-0.25, -0.2) is 9.78 Å². The monoisotopic (exact) mass is 346 g/mol. The van der Waals surface area contributed by atoms with Gasteiger partial charge >= 0.3 is 6.03 Å². The Hall–Kier alpha value is -2.70. The van der Waals surface area contributed by atoms with Gasteiger partial charge in [0, 0.05) is 32.0 Å². The number of carbonyl (C=O) groups is 1. The molecule has 0 aliphatic heterocycles. The summed E-state index contributed by atoms with van der Waals surface area (Å²) in [7, 11) is 3.22. The summed E-state index contributed by atoms with van der Waals surface area (Å²) >= 11 is 0. The van der Waals surface area contributed by atoms with Crippen molar-refractivity contribution in [1.82, 2.24) is 20.2 Å². The summed E-state index contributed by atoms with van der Waals surface area (Å²) in [6.07, 6.45) is 5.31. The number of aromatic nitrogens is 2. The van der Waals surface area contributed by atoms with Crippen molar-refractivity contribution in [1.29, 1.82) is 0 Å². The van der Waals surface area contributed by atoms with Gasteiger partial charge in [-0.1, -0.05) is 6.07 Å². The van der Waals surface area contributed by atoms with Gasteiger partial charge in [0.25, 0.3) is 0 Å². The first-order valence-corrected chi connectivity index (χ1v) is 8.34. The minimum atomic E-state index is -0.150. The van der Waals surface area contributed by atoms with E-state index in [2.05, 4.69) is 20.2 Å². The summed E-state index contributed by atoms with van der Waals surface area (Å²) in [6.45, 7) is 3.99. The summed E-state index contributed by atoms with van der Waals surface area (Å²) in [6, 6.07) is 5.61. The van der Waals surface area contributed by atoms with E-state index in [1.807, 2.05) is 31.3 Å². The van der Waals surface area contributed by atoms with Crippen molar-refractivity contribution in [2.24, 2.45) is 0 Å². The molecule has 1 heterocycles. The molecule has 136 valence electrons. The highest BCUT2D eigenvalue weighted by atomic mass is 16.5. The van der Waals surface area contributed by atoms with Crippen LogP contribution in [0.15, 0.2) is 30.6 Å². The molecule has 2 aromatic rings. The summed E-state index contributed by atoms with van der Waals surface area (Å²) in [4.78, 5) is 16.0. The van der Waals surface area contributed by atoms with Gasteiger partial charge in [0.2, 0.25) is 0 Å². The second-order valence-corrected chi connectivity index (χ2v) is 5.64. The number of amides is 2. The number of ether oxygens (including phenoxy) is 2. The maximum Gasteiger partial charge on any atom is 0.314 e. The van der Waals surface area contributed by atoms with Crippen molar-refractivity contribution in [3.8, 4) is 11.5 Å². The van der Waals surface area contributed by atoms with E-state index in [0.29, 0.717) is 24.6 Å². The lowest BCUT2D eigenvalue weighted by Gasteiger charge is -2.11. The standard InChI is InChI=1S/C18H26N4O3/c1-14-19-10-12-22(14)11-4-8-20-18(23)21-9-7-15-5-6-16(24-2)17(13-15)25-3/h5-6,10,12-13H,4,7-9,11H2,1-3H3,(H2,20,21,23). The molecule has 7 nitrogen and oxygen atoms in total. The topological polar surface area (TPSA) is 77.4 Å². The molecule has 1 aromatic carbocycles. The number of urea groups is 1. The highest BCUT2D eigenvalue weighted by Crippen LogP contribution is 2.27. The van der Waals surface area contributed by atoms with Crippen LogP contribution in [0.1, 0.15) is 17.8 Å². The minimum absolute atomic E-state index is 0.150. The van der Waals surface area contributed by atoms with E-state index < -0.39 is 0 Å². The first-order chi connectivity index (χ1) is 12.1. The van der Waals surface area contributed by atoms with E-state index in [4.69, 9.17) is 9.47 Å². The van der Waals surface area contributed by atoms with Gasteiger partial charge in [-0.05, 0) is 37.5 Å². The molecule has 0 fully saturated rings. The Morgan fingerprint density at radius 3 is 2.60 bits per heavy atom. The molecule has 2 N–H and O–H groups in total. The van der Waals surface area contributed by atoms with Crippen molar-refractivity contribution in [3.63, 3.8) is 0 Å². The maximum atomic E-state index is 11.8. The smallest absolute Gasteiger partial charge is 0.314 e. The third-order valence-corrected chi connectivity index (χ3v) is 3.93. The molecule has 0 bridgehead atoms. The Bertz CT molecular complexity index is 685. The Kier molecular flexibility index (Phi) is 7.13. The van der Waals surface area contributed by atoms with Crippen LogP contribution in [0.4, 0.5) is 4.79 Å². The van der Waals surface area contributed by atoms with E-state index >= 15 is 0 Å². The first-order valence-electron chi connectivity index (χ1n) is 8.34. The fourth-order valence-electron chi connectivity index (χ4n) is 2.51. The zero-order valence-corrected chi connectivity index (χ0v) is 15.0. The normalized spacial score (nSPS) is 10.4. The van der Waals surface area contributed by atoms with Crippen molar-refractivity contribution in [3.05, 3.63) is 42.0 Å². The molecule has 0 saturated heterocycles. The van der Waals surface area contributed by atoms with Crippen LogP contribution in [-0.4, -0.2) is 42.9 Å². The average Bonchev–Trinajstić information content (AvgIpc) is 3.03. The third kappa shape index (κ3) is 5.70. The number of nitrogens with one attached hydrogen (secondary N) is 2. The van der Waals surface area contributed by atoms with Gasteiger partial charge in [-0.2, -0.15) is 0 Å². The van der Waals surface area contributed by atoms with Gasteiger partial charge in [0.1, 0.15) is 5.82 Å².